The number of nitriles is 2. The number of nitrogens with zero attached hydrogens (tertiary/aromatic N) is 15. The fourth-order valence-corrected chi connectivity index (χ4v) is 20.3. The number of ether oxygens (including phenoxy) is 1. The Labute approximate surface area is 803 Å². The molecule has 28 nitrogen and oxygen atoms in total. The molecular formula is C103H104F5N21O7S2. The maximum atomic E-state index is 14.6. The first-order valence-corrected chi connectivity index (χ1v) is 46.5. The van der Waals surface area contributed by atoms with Gasteiger partial charge in [0.1, 0.15) is 51.5 Å². The summed E-state index contributed by atoms with van der Waals surface area (Å²) in [5, 5.41) is 28.7. The van der Waals surface area contributed by atoms with E-state index in [0.29, 0.717) is 29.5 Å². The Morgan fingerprint density at radius 2 is 1.06 bits per heavy atom. The number of benzene rings is 8. The zero-order valence-corrected chi connectivity index (χ0v) is 79.0. The first-order chi connectivity index (χ1) is 65.9. The van der Waals surface area contributed by atoms with Crippen LogP contribution < -0.4 is 34.0 Å². The van der Waals surface area contributed by atoms with Crippen LogP contribution in [0.15, 0.2) is 254 Å². The minimum Gasteiger partial charge on any atom is -0.379 e. The van der Waals surface area contributed by atoms with Gasteiger partial charge in [-0.2, -0.15) is 15.6 Å². The van der Waals surface area contributed by atoms with Crippen LogP contribution in [-0.4, -0.2) is 172 Å². The van der Waals surface area contributed by atoms with Gasteiger partial charge in [0.2, 0.25) is 17.7 Å². The Morgan fingerprint density at radius 3 is 1.56 bits per heavy atom. The van der Waals surface area contributed by atoms with E-state index in [2.05, 4.69) is 36.4 Å². The molecule has 138 heavy (non-hydrogen) atoms. The molecule has 8 aromatic carbocycles. The van der Waals surface area contributed by atoms with Crippen LogP contribution in [0.1, 0.15) is 172 Å². The molecule has 6 amide bonds. The molecule has 3 fully saturated rings. The molecule has 11 aromatic rings. The lowest BCUT2D eigenvalue weighted by molar-refractivity contribution is -0.141. The molecule has 710 valence electrons. The normalized spacial score (nSPS) is 22.9. The Kier molecular flexibility index (Phi) is 28.2. The number of morpholine rings is 1. The summed E-state index contributed by atoms with van der Waals surface area (Å²) in [6, 6.07) is 63.7. The van der Waals surface area contributed by atoms with Crippen LogP contribution in [0, 0.1) is 51.7 Å². The quantitative estimate of drug-likeness (QED) is 0.0435. The van der Waals surface area contributed by atoms with E-state index in [1.54, 1.807) is 89.3 Å². The van der Waals surface area contributed by atoms with Crippen molar-refractivity contribution in [1.29, 1.82) is 10.5 Å². The standard InChI is InChI=1S/C29H31N5O3.2C21H21F2N3O.C21H20N6OS.C11H11FN4OS/c30-28-32-29(24-10-3-1-4-11-24,25-12-5-2-6-13-25)27(36)34(28)21-22-8-7-9-23(20-22)26(35)31-14-15-33-16-18-37-19-17-33;2*1-21(16-10-9-15(22)11-17(16)23)18(19(27)26(2)20(24)25-21)14-7-5-13(6-8-14)12-3-4-12;1-20(17-11-16(13-29-17)15-7-4-6-14(10-15)12-22)21(2,27-9-5-8-24-27)18(28)26(3)19(23)25-20;1-11(3-7(17)16(2)10(14)15-11)9-8(12)6(4-13)5-18-9/h1-13,20H,14-19,21H2,(H2,30,32)(H,31,35);2*5-12,18H,3-4H2,1-2H3,(H2,24,25);4-11,13H,1-3H3,(H2,23,25);5H,3H2,1-2H3,(H2,14,15)/t;18-,21+;18-,21-;20-,21?;11-/m.0110/s1. The molecule has 0 spiro atoms. The summed E-state index contributed by atoms with van der Waals surface area (Å²) in [5.74, 6) is -4.71. The number of likely N-dealkylation sites (N-methyl/N-ethyl adjacent to an activating group) is 3. The summed E-state index contributed by atoms with van der Waals surface area (Å²) in [6.45, 7) is 13.5. The molecule has 1 saturated heterocycles. The number of guanidine groups is 5. The van der Waals surface area contributed by atoms with Crippen molar-refractivity contribution in [3.63, 3.8) is 0 Å². The molecule has 35 heteroatoms. The number of amides is 6. The van der Waals surface area contributed by atoms with Crippen molar-refractivity contribution in [1.82, 2.24) is 44.5 Å². The highest BCUT2D eigenvalue weighted by molar-refractivity contribution is 7.10. The number of hydrogen-bond donors (Lipinski definition) is 6. The number of carbonyl (C=O) groups is 6. The van der Waals surface area contributed by atoms with Crippen molar-refractivity contribution in [2.24, 2.45) is 53.6 Å². The maximum Gasteiger partial charge on any atom is 0.266 e. The highest BCUT2D eigenvalue weighted by Crippen LogP contribution is 2.52. The number of halogens is 5. The SMILES string of the molecule is CN1C(=O)C(C)(n2cccn2)[C@@](C)(c2cc(-c3cccc(C#N)c3)cs2)N=C1N.CN1C(=O)C[C@@](C)(c2scc(C#N)c2F)N=C1N.CN1C(=O)[C@@H](c2ccc(C3CC3)cc2)[C@@](C)(c2ccc(F)cc2F)N=C1N.CN1C(=O)[C@H](c2ccc(C3CC3)cc2)[C@@](C)(c2ccc(F)cc2F)N=C1N.NC1=NC(c2ccccc2)(c2ccccc2)C(=O)N1Cc1cccc(C(=O)NCCN2CCOCC2)c1. The van der Waals surface area contributed by atoms with Crippen molar-refractivity contribution < 1.29 is 55.5 Å². The number of hydrogen-bond acceptors (Lipinski definition) is 23. The summed E-state index contributed by atoms with van der Waals surface area (Å²) < 4.78 is 77.1. The van der Waals surface area contributed by atoms with Gasteiger partial charge >= 0.3 is 0 Å². The van der Waals surface area contributed by atoms with E-state index >= 15 is 0 Å². The summed E-state index contributed by atoms with van der Waals surface area (Å²) in [6.07, 6.45) is 8.19. The van der Waals surface area contributed by atoms with Gasteiger partial charge < -0.3 is 38.7 Å². The third kappa shape index (κ3) is 19.3. The van der Waals surface area contributed by atoms with Crippen LogP contribution in [-0.2, 0) is 68.5 Å². The maximum absolute atomic E-state index is 14.6. The molecular weight excluding hydrogens is 1800 g/mol. The molecule has 11 N–H and O–H groups in total. The molecule has 19 rings (SSSR count). The van der Waals surface area contributed by atoms with Crippen LogP contribution in [0.25, 0.3) is 11.1 Å². The first-order valence-electron chi connectivity index (χ1n) is 44.7. The summed E-state index contributed by atoms with van der Waals surface area (Å²) in [7, 11) is 6.24. The predicted octanol–water partition coefficient (Wildman–Crippen LogP) is 13.7. The van der Waals surface area contributed by atoms with Gasteiger partial charge in [0, 0.05) is 106 Å². The van der Waals surface area contributed by atoms with Crippen molar-refractivity contribution >= 4 is 87.9 Å². The smallest absolute Gasteiger partial charge is 0.266 e. The average Bonchev–Trinajstić information content (AvgIpc) is 1.32. The van der Waals surface area contributed by atoms with Crippen molar-refractivity contribution in [2.75, 3.05) is 67.6 Å². The molecule has 0 radical (unpaired) electrons. The molecule has 3 aromatic heterocycles. The topological polar surface area (TPSA) is 400 Å². The van der Waals surface area contributed by atoms with Gasteiger partial charge in [-0.3, -0.25) is 62.8 Å². The van der Waals surface area contributed by atoms with E-state index in [9.17, 15) is 56.0 Å². The van der Waals surface area contributed by atoms with Crippen molar-refractivity contribution in [3.05, 3.63) is 335 Å². The van der Waals surface area contributed by atoms with Gasteiger partial charge in [-0.1, -0.05) is 146 Å². The zero-order chi connectivity index (χ0) is 98.7. The Balaban J connectivity index is 0.000000133. The van der Waals surface area contributed by atoms with E-state index in [-0.39, 0.29) is 99.8 Å². The largest absolute Gasteiger partial charge is 0.379 e. The minimum absolute atomic E-state index is 0.0112. The average molecular weight is 1910 g/mol. The minimum atomic E-state index is -1.27. The predicted molar refractivity (Wildman–Crippen MR) is 518 cm³/mol. The number of aromatic nitrogens is 2. The number of rotatable bonds is 18. The highest BCUT2D eigenvalue weighted by Gasteiger charge is 2.60. The molecule has 8 aliphatic rings. The van der Waals surface area contributed by atoms with Crippen LogP contribution in [0.4, 0.5) is 22.0 Å². The Morgan fingerprint density at radius 1 is 0.529 bits per heavy atom. The van der Waals surface area contributed by atoms with Gasteiger partial charge in [-0.25, -0.2) is 46.9 Å². The van der Waals surface area contributed by atoms with E-state index in [4.69, 9.17) is 48.7 Å². The fraction of sp³-hybridized carbons (Fsp3) is 0.301. The number of nitrogens with one attached hydrogen (secondary N) is 1. The van der Waals surface area contributed by atoms with Crippen molar-refractivity contribution in [3.8, 4) is 23.3 Å². The number of nitrogens with two attached hydrogens (primary N) is 5. The van der Waals surface area contributed by atoms with Gasteiger partial charge in [0.05, 0.1) is 60.1 Å². The third-order valence-corrected chi connectivity index (χ3v) is 29.1. The molecule has 2 saturated carbocycles. The number of thiophene rings is 2. The molecule has 2 aliphatic carbocycles. The van der Waals surface area contributed by atoms with Gasteiger partial charge in [-0.05, 0) is 176 Å². The first kappa shape index (κ1) is 97.6. The Bertz CT molecular complexity index is 6540. The fourth-order valence-electron chi connectivity index (χ4n) is 18.2. The summed E-state index contributed by atoms with van der Waals surface area (Å²) in [4.78, 5) is 111. The van der Waals surface area contributed by atoms with E-state index in [1.165, 1.54) is 109 Å². The zero-order valence-electron chi connectivity index (χ0n) is 77.4. The second kappa shape index (κ2) is 39.8. The summed E-state index contributed by atoms with van der Waals surface area (Å²) >= 11 is 2.59. The monoisotopic (exact) mass is 1910 g/mol. The second-order valence-corrected chi connectivity index (χ2v) is 37.6. The van der Waals surface area contributed by atoms with E-state index in [1.807, 2.05) is 165 Å². The number of carbonyl (C=O) groups excluding carboxylic acids is 6. The lowest BCUT2D eigenvalue weighted by Gasteiger charge is -2.47. The second-order valence-electron chi connectivity index (χ2n) is 35.8. The highest BCUT2D eigenvalue weighted by atomic mass is 32.1. The van der Waals surface area contributed by atoms with Crippen LogP contribution in [0.3, 0.4) is 0 Å². The van der Waals surface area contributed by atoms with Crippen LogP contribution in [0.5, 0.6) is 0 Å². The van der Waals surface area contributed by atoms with Gasteiger partial charge in [0.15, 0.2) is 46.7 Å². The third-order valence-electron chi connectivity index (χ3n) is 26.7. The number of aliphatic imine (C=N–C) groups is 5. The van der Waals surface area contributed by atoms with E-state index < -0.39 is 74.2 Å². The molecule has 6 aliphatic heterocycles. The van der Waals surface area contributed by atoms with Gasteiger partial charge in [0.25, 0.3) is 17.7 Å². The van der Waals surface area contributed by atoms with Crippen LogP contribution >= 0.6 is 22.7 Å². The molecule has 7 atom stereocenters. The molecule has 0 bridgehead atoms. The van der Waals surface area contributed by atoms with Crippen LogP contribution in [0.2, 0.25) is 0 Å². The van der Waals surface area contributed by atoms with Crippen molar-refractivity contribution in [2.45, 2.75) is 130 Å². The Hall–Kier alpha value is -14.9. The molecule has 9 heterocycles. The lowest BCUT2D eigenvalue weighted by atomic mass is 9.74. The van der Waals surface area contributed by atoms with E-state index in [0.717, 1.165) is 100 Å². The molecule has 1 unspecified atom stereocenters. The van der Waals surface area contributed by atoms with Gasteiger partial charge in [-0.15, -0.1) is 22.7 Å². The lowest BCUT2D eigenvalue weighted by Crippen LogP contribution is -2.64. The summed E-state index contributed by atoms with van der Waals surface area (Å²) in [5.41, 5.74) is 32.7.